The Morgan fingerprint density at radius 1 is 0.306 bits per heavy atom. The molecule has 0 fully saturated rings. The Bertz CT molecular complexity index is 2540. The van der Waals surface area contributed by atoms with Gasteiger partial charge in [0, 0.05) is 36.9 Å². The molecule has 0 radical (unpaired) electrons. The lowest BCUT2D eigenvalue weighted by Gasteiger charge is -2.10. The molecule has 0 unspecified atom stereocenters. The molecule has 2 heterocycles. The summed E-state index contributed by atoms with van der Waals surface area (Å²) in [4.78, 5) is 14.8. The lowest BCUT2D eigenvalue weighted by Crippen LogP contribution is -2.00. The summed E-state index contributed by atoms with van der Waals surface area (Å²) in [5.74, 6) is 1.97. The number of thiophene rings is 1. The first-order chi connectivity index (χ1) is 24.3. The molecule has 49 heavy (non-hydrogen) atoms. The molecule has 0 bridgehead atoms. The van der Waals surface area contributed by atoms with Crippen molar-refractivity contribution in [3.63, 3.8) is 0 Å². The van der Waals surface area contributed by atoms with E-state index >= 15 is 0 Å². The molecular formula is C45H29N3S. The van der Waals surface area contributed by atoms with Crippen LogP contribution in [0.25, 0.3) is 87.7 Å². The van der Waals surface area contributed by atoms with E-state index in [2.05, 4.69) is 115 Å². The Labute approximate surface area is 288 Å². The largest absolute Gasteiger partial charge is 0.208 e. The molecular weight excluding hydrogens is 615 g/mol. The van der Waals surface area contributed by atoms with Crippen LogP contribution in [0.4, 0.5) is 0 Å². The summed E-state index contributed by atoms with van der Waals surface area (Å²) in [5.41, 5.74) is 10.1. The van der Waals surface area contributed by atoms with E-state index in [1.165, 1.54) is 42.4 Å². The average Bonchev–Trinajstić information content (AvgIpc) is 3.57. The third kappa shape index (κ3) is 5.58. The number of hydrogen-bond donors (Lipinski definition) is 0. The van der Waals surface area contributed by atoms with Gasteiger partial charge in [-0.05, 0) is 57.6 Å². The number of nitrogens with zero attached hydrogens (tertiary/aromatic N) is 3. The van der Waals surface area contributed by atoms with Crippen LogP contribution < -0.4 is 0 Å². The smallest absolute Gasteiger partial charge is 0.164 e. The third-order valence-corrected chi connectivity index (χ3v) is 10.2. The first-order valence-electron chi connectivity index (χ1n) is 16.4. The summed E-state index contributed by atoms with van der Waals surface area (Å²) in [7, 11) is 0. The van der Waals surface area contributed by atoms with Gasteiger partial charge in [-0.3, -0.25) is 0 Å². The van der Waals surface area contributed by atoms with E-state index in [9.17, 15) is 0 Å². The molecule has 230 valence electrons. The summed E-state index contributed by atoms with van der Waals surface area (Å²) >= 11 is 1.86. The SMILES string of the molecule is c1ccc(-c2cccc(-c3cccc4c3sc3ccc(-c5cccc(-c6nc(-c7ccccc7)nc(-c7ccccc7)n6)c5)cc34)c2)cc1. The van der Waals surface area contributed by atoms with E-state index in [1.54, 1.807) is 0 Å². The highest BCUT2D eigenvalue weighted by atomic mass is 32.1. The lowest BCUT2D eigenvalue weighted by atomic mass is 9.97. The fourth-order valence-corrected chi connectivity index (χ4v) is 7.70. The van der Waals surface area contributed by atoms with Gasteiger partial charge in [0.25, 0.3) is 0 Å². The second-order valence-electron chi connectivity index (χ2n) is 12.1. The maximum atomic E-state index is 4.96. The van der Waals surface area contributed by atoms with E-state index in [4.69, 9.17) is 15.0 Å². The van der Waals surface area contributed by atoms with Crippen LogP contribution in [0.5, 0.6) is 0 Å². The van der Waals surface area contributed by atoms with Crippen molar-refractivity contribution in [2.45, 2.75) is 0 Å². The Morgan fingerprint density at radius 2 is 0.776 bits per heavy atom. The molecule has 0 spiro atoms. The normalized spacial score (nSPS) is 11.3. The van der Waals surface area contributed by atoms with Crippen LogP contribution in [0.2, 0.25) is 0 Å². The predicted octanol–water partition coefficient (Wildman–Crippen LogP) is 12.2. The summed E-state index contributed by atoms with van der Waals surface area (Å²) in [5, 5.41) is 2.54. The van der Waals surface area contributed by atoms with Crippen LogP contribution in [0.3, 0.4) is 0 Å². The van der Waals surface area contributed by atoms with Gasteiger partial charge in [0.2, 0.25) is 0 Å². The van der Waals surface area contributed by atoms with Gasteiger partial charge in [-0.25, -0.2) is 15.0 Å². The predicted molar refractivity (Wildman–Crippen MR) is 205 cm³/mol. The van der Waals surface area contributed by atoms with Gasteiger partial charge in [0.05, 0.1) is 0 Å². The molecule has 0 amide bonds. The Kier molecular flexibility index (Phi) is 7.34. The van der Waals surface area contributed by atoms with E-state index < -0.39 is 0 Å². The van der Waals surface area contributed by atoms with E-state index in [1.807, 2.05) is 72.0 Å². The molecule has 3 nitrogen and oxygen atoms in total. The third-order valence-electron chi connectivity index (χ3n) is 8.93. The summed E-state index contributed by atoms with van der Waals surface area (Å²) in [6, 6.07) is 61.7. The standard InChI is InChI=1S/C45H29N3S/c1-4-13-30(14-5-1)33-19-10-21-36(27-33)38-23-12-24-39-40-29-35(25-26-41(40)49-42(38)39)34-20-11-22-37(28-34)45-47-43(31-15-6-2-7-16-31)46-44(48-45)32-17-8-3-9-18-32/h1-29H. The number of aromatic nitrogens is 3. The van der Waals surface area contributed by atoms with Crippen molar-refractivity contribution in [2.75, 3.05) is 0 Å². The lowest BCUT2D eigenvalue weighted by molar-refractivity contribution is 1.07. The Balaban J connectivity index is 1.12. The fraction of sp³-hybridized carbons (Fsp3) is 0. The van der Waals surface area contributed by atoms with Gasteiger partial charge < -0.3 is 0 Å². The van der Waals surface area contributed by atoms with Crippen molar-refractivity contribution >= 4 is 31.5 Å². The van der Waals surface area contributed by atoms with Crippen LogP contribution in [-0.4, -0.2) is 15.0 Å². The van der Waals surface area contributed by atoms with Crippen LogP contribution in [0.1, 0.15) is 0 Å². The zero-order valence-electron chi connectivity index (χ0n) is 26.5. The van der Waals surface area contributed by atoms with Crippen molar-refractivity contribution in [3.8, 4) is 67.5 Å². The summed E-state index contributed by atoms with van der Waals surface area (Å²) in [6.45, 7) is 0. The molecule has 4 heteroatoms. The van der Waals surface area contributed by atoms with Crippen LogP contribution in [0.15, 0.2) is 176 Å². The van der Waals surface area contributed by atoms with Crippen molar-refractivity contribution in [1.29, 1.82) is 0 Å². The highest BCUT2D eigenvalue weighted by molar-refractivity contribution is 7.26. The van der Waals surface area contributed by atoms with Gasteiger partial charge in [0.1, 0.15) is 0 Å². The molecule has 9 rings (SSSR count). The number of benzene rings is 7. The van der Waals surface area contributed by atoms with Gasteiger partial charge in [-0.2, -0.15) is 0 Å². The van der Waals surface area contributed by atoms with Crippen molar-refractivity contribution < 1.29 is 0 Å². The minimum atomic E-state index is 0.652. The van der Waals surface area contributed by atoms with Gasteiger partial charge in [-0.1, -0.05) is 152 Å². The number of fused-ring (bicyclic) bond motifs is 3. The topological polar surface area (TPSA) is 38.7 Å². The maximum Gasteiger partial charge on any atom is 0.164 e. The van der Waals surface area contributed by atoms with E-state index in [0.717, 1.165) is 27.8 Å². The Morgan fingerprint density at radius 3 is 1.43 bits per heavy atom. The molecule has 0 aliphatic rings. The van der Waals surface area contributed by atoms with Gasteiger partial charge in [0.15, 0.2) is 17.5 Å². The summed E-state index contributed by atoms with van der Waals surface area (Å²) in [6.07, 6.45) is 0. The molecule has 0 saturated carbocycles. The molecule has 7 aromatic carbocycles. The molecule has 0 N–H and O–H groups in total. The first-order valence-corrected chi connectivity index (χ1v) is 17.2. The molecule has 0 aliphatic carbocycles. The van der Waals surface area contributed by atoms with E-state index in [-0.39, 0.29) is 0 Å². The highest BCUT2D eigenvalue weighted by Crippen LogP contribution is 2.42. The average molecular weight is 644 g/mol. The quantitative estimate of drug-likeness (QED) is 0.181. The maximum absolute atomic E-state index is 4.96. The van der Waals surface area contributed by atoms with Crippen LogP contribution >= 0.6 is 11.3 Å². The Hall–Kier alpha value is -6.23. The molecule has 2 aromatic heterocycles. The number of hydrogen-bond acceptors (Lipinski definition) is 4. The highest BCUT2D eigenvalue weighted by Gasteiger charge is 2.15. The van der Waals surface area contributed by atoms with Gasteiger partial charge in [-0.15, -0.1) is 11.3 Å². The molecule has 9 aromatic rings. The zero-order chi connectivity index (χ0) is 32.6. The van der Waals surface area contributed by atoms with Crippen molar-refractivity contribution in [3.05, 3.63) is 176 Å². The molecule has 0 aliphatic heterocycles. The molecule has 0 atom stereocenters. The van der Waals surface area contributed by atoms with Crippen LogP contribution in [-0.2, 0) is 0 Å². The number of rotatable bonds is 6. The fourth-order valence-electron chi connectivity index (χ4n) is 6.48. The zero-order valence-corrected chi connectivity index (χ0v) is 27.3. The first kappa shape index (κ1) is 29.0. The van der Waals surface area contributed by atoms with Crippen molar-refractivity contribution in [2.24, 2.45) is 0 Å². The minimum Gasteiger partial charge on any atom is -0.208 e. The monoisotopic (exact) mass is 643 g/mol. The van der Waals surface area contributed by atoms with E-state index in [0.29, 0.717) is 17.5 Å². The minimum absolute atomic E-state index is 0.652. The molecule has 0 saturated heterocycles. The second-order valence-corrected chi connectivity index (χ2v) is 13.1. The van der Waals surface area contributed by atoms with Crippen LogP contribution in [0, 0.1) is 0 Å². The second kappa shape index (κ2) is 12.4. The van der Waals surface area contributed by atoms with Gasteiger partial charge >= 0.3 is 0 Å². The van der Waals surface area contributed by atoms with Crippen molar-refractivity contribution in [1.82, 2.24) is 15.0 Å². The summed E-state index contributed by atoms with van der Waals surface area (Å²) < 4.78 is 2.58.